The smallest absolute Gasteiger partial charge is 0.277 e. The summed E-state index contributed by atoms with van der Waals surface area (Å²) in [7, 11) is -2.94. The first-order chi connectivity index (χ1) is 15.4. The lowest BCUT2D eigenvalue weighted by atomic mass is 9.94. The third-order valence-corrected chi connectivity index (χ3v) is 8.80. The van der Waals surface area contributed by atoms with Gasteiger partial charge in [-0.25, -0.2) is 12.8 Å². The van der Waals surface area contributed by atoms with Crippen LogP contribution in [0.15, 0.2) is 33.9 Å². The van der Waals surface area contributed by atoms with Crippen molar-refractivity contribution in [2.45, 2.75) is 62.8 Å². The molecule has 0 bridgehead atoms. The van der Waals surface area contributed by atoms with Gasteiger partial charge >= 0.3 is 0 Å². The number of carbonyl (C=O) groups is 1. The maximum atomic E-state index is 13.3. The molecule has 0 unspecified atom stereocenters. The number of hydrogen-bond acceptors (Lipinski definition) is 7. The Balaban J connectivity index is 1.35. The zero-order valence-electron chi connectivity index (χ0n) is 17.9. The lowest BCUT2D eigenvalue weighted by molar-refractivity contribution is -0.132. The van der Waals surface area contributed by atoms with Gasteiger partial charge in [0.25, 0.3) is 5.22 Å². The van der Waals surface area contributed by atoms with Crippen LogP contribution in [-0.2, 0) is 27.6 Å². The molecule has 1 saturated carbocycles. The van der Waals surface area contributed by atoms with Crippen LogP contribution in [-0.4, -0.2) is 52.7 Å². The summed E-state index contributed by atoms with van der Waals surface area (Å²) >= 11 is 1.20. The van der Waals surface area contributed by atoms with Crippen LogP contribution in [0.1, 0.15) is 50.0 Å². The summed E-state index contributed by atoms with van der Waals surface area (Å²) in [6, 6.07) is 6.47. The molecule has 2 heterocycles. The van der Waals surface area contributed by atoms with E-state index in [1.54, 1.807) is 12.1 Å². The maximum absolute atomic E-state index is 13.3. The summed E-state index contributed by atoms with van der Waals surface area (Å²) in [5, 5.41) is 8.36. The molecule has 2 aromatic rings. The Morgan fingerprint density at radius 3 is 2.56 bits per heavy atom. The van der Waals surface area contributed by atoms with E-state index in [1.807, 2.05) is 4.90 Å². The molecule has 10 heteroatoms. The van der Waals surface area contributed by atoms with E-state index in [0.717, 1.165) is 31.2 Å². The molecule has 1 aromatic heterocycles. The van der Waals surface area contributed by atoms with Crippen molar-refractivity contribution in [1.82, 2.24) is 15.1 Å². The summed E-state index contributed by atoms with van der Waals surface area (Å²) in [4.78, 5) is 15.0. The van der Waals surface area contributed by atoms with Crippen molar-refractivity contribution < 1.29 is 22.0 Å². The van der Waals surface area contributed by atoms with Crippen molar-refractivity contribution in [3.05, 3.63) is 41.5 Å². The molecule has 1 atom stereocenters. The zero-order chi connectivity index (χ0) is 22.6. The Kier molecular flexibility index (Phi) is 7.50. The number of sulfone groups is 1. The quantitative estimate of drug-likeness (QED) is 0.532. The zero-order valence-corrected chi connectivity index (χ0v) is 19.5. The Morgan fingerprint density at radius 1 is 1.12 bits per heavy atom. The molecule has 0 radical (unpaired) electrons. The molecule has 174 valence electrons. The lowest BCUT2D eigenvalue weighted by Gasteiger charge is -2.34. The molecule has 0 N–H and O–H groups in total. The van der Waals surface area contributed by atoms with Crippen LogP contribution in [0.4, 0.5) is 4.39 Å². The molecule has 7 nitrogen and oxygen atoms in total. The summed E-state index contributed by atoms with van der Waals surface area (Å²) in [5.41, 5.74) is 0.905. The average Bonchev–Trinajstić information content (AvgIpc) is 3.37. The number of aromatic nitrogens is 2. The van der Waals surface area contributed by atoms with Crippen molar-refractivity contribution in [3.63, 3.8) is 0 Å². The van der Waals surface area contributed by atoms with E-state index in [-0.39, 0.29) is 40.9 Å². The van der Waals surface area contributed by atoms with Crippen LogP contribution >= 0.6 is 11.8 Å². The van der Waals surface area contributed by atoms with E-state index >= 15 is 0 Å². The second-order valence-corrected chi connectivity index (χ2v) is 11.8. The lowest BCUT2D eigenvalue weighted by Crippen LogP contribution is -2.41. The number of thioether (sulfide) groups is 1. The molecule has 1 aromatic carbocycles. The Hall–Kier alpha value is -1.94. The summed E-state index contributed by atoms with van der Waals surface area (Å²) < 4.78 is 42.2. The summed E-state index contributed by atoms with van der Waals surface area (Å²) in [6.07, 6.45) is 6.42. The van der Waals surface area contributed by atoms with Gasteiger partial charge in [-0.3, -0.25) is 4.79 Å². The maximum Gasteiger partial charge on any atom is 0.277 e. The molecule has 2 aliphatic rings. The fraction of sp³-hybridized carbons (Fsp3) is 0.591. The molecule has 0 spiro atoms. The predicted octanol–water partition coefficient (Wildman–Crippen LogP) is 3.64. The van der Waals surface area contributed by atoms with E-state index in [4.69, 9.17) is 4.42 Å². The third-order valence-electron chi connectivity index (χ3n) is 6.16. The number of amides is 1. The van der Waals surface area contributed by atoms with E-state index in [0.29, 0.717) is 30.5 Å². The fourth-order valence-corrected chi connectivity index (χ4v) is 6.99. The minimum Gasteiger partial charge on any atom is -0.416 e. The third kappa shape index (κ3) is 6.31. The fourth-order valence-electron chi connectivity index (χ4n) is 4.47. The van der Waals surface area contributed by atoms with Crippen LogP contribution in [0, 0.1) is 11.7 Å². The highest BCUT2D eigenvalue weighted by molar-refractivity contribution is 7.99. The van der Waals surface area contributed by atoms with Crippen molar-refractivity contribution in [2.24, 2.45) is 5.92 Å². The monoisotopic (exact) mass is 481 g/mol. The van der Waals surface area contributed by atoms with E-state index in [2.05, 4.69) is 10.2 Å². The summed E-state index contributed by atoms with van der Waals surface area (Å²) in [6.45, 7) is 0.454. The number of benzene rings is 1. The first kappa shape index (κ1) is 23.2. The topological polar surface area (TPSA) is 93.4 Å². The minimum atomic E-state index is -2.94. The normalized spacial score (nSPS) is 21.0. The second kappa shape index (κ2) is 10.3. The molecule has 1 aliphatic heterocycles. The first-order valence-corrected chi connectivity index (χ1v) is 13.9. The SMILES string of the molecule is O=C(CSc1nnc(C[C@H]2CCS(=O)(=O)C2)o1)N(Cc1ccc(F)cc1)C1CCCCC1. The van der Waals surface area contributed by atoms with Crippen molar-refractivity contribution >= 4 is 27.5 Å². The van der Waals surface area contributed by atoms with Crippen LogP contribution in [0.2, 0.25) is 0 Å². The number of halogens is 1. The van der Waals surface area contributed by atoms with Crippen LogP contribution < -0.4 is 0 Å². The van der Waals surface area contributed by atoms with E-state index < -0.39 is 9.84 Å². The van der Waals surface area contributed by atoms with Gasteiger partial charge in [0.15, 0.2) is 9.84 Å². The van der Waals surface area contributed by atoms with Gasteiger partial charge < -0.3 is 9.32 Å². The number of carbonyl (C=O) groups excluding carboxylic acids is 1. The van der Waals surface area contributed by atoms with Crippen LogP contribution in [0.25, 0.3) is 0 Å². The summed E-state index contributed by atoms with van der Waals surface area (Å²) in [5.74, 6) is 0.685. The first-order valence-electron chi connectivity index (χ1n) is 11.1. The van der Waals surface area contributed by atoms with Crippen molar-refractivity contribution in [1.29, 1.82) is 0 Å². The Morgan fingerprint density at radius 2 is 1.88 bits per heavy atom. The number of hydrogen-bond donors (Lipinski definition) is 0. The van der Waals surface area contributed by atoms with E-state index in [1.165, 1.54) is 30.3 Å². The van der Waals surface area contributed by atoms with Gasteiger partial charge in [-0.05, 0) is 42.9 Å². The van der Waals surface area contributed by atoms with Gasteiger partial charge in [0.1, 0.15) is 5.82 Å². The number of nitrogens with zero attached hydrogens (tertiary/aromatic N) is 3. The molecule has 1 saturated heterocycles. The molecule has 32 heavy (non-hydrogen) atoms. The number of rotatable bonds is 8. The van der Waals surface area contributed by atoms with Crippen molar-refractivity contribution in [3.8, 4) is 0 Å². The van der Waals surface area contributed by atoms with E-state index in [9.17, 15) is 17.6 Å². The van der Waals surface area contributed by atoms with Crippen molar-refractivity contribution in [2.75, 3.05) is 17.3 Å². The second-order valence-electron chi connectivity index (χ2n) is 8.66. The minimum absolute atomic E-state index is 0.00661. The van der Waals surface area contributed by atoms with Gasteiger partial charge in [0.05, 0.1) is 17.3 Å². The molecule has 4 rings (SSSR count). The Labute approximate surface area is 192 Å². The highest BCUT2D eigenvalue weighted by Gasteiger charge is 2.30. The van der Waals surface area contributed by atoms with Gasteiger partial charge in [-0.1, -0.05) is 43.2 Å². The van der Waals surface area contributed by atoms with Crippen LogP contribution in [0.3, 0.4) is 0 Å². The Bertz CT molecular complexity index is 1020. The van der Waals surface area contributed by atoms with Gasteiger partial charge in [-0.2, -0.15) is 0 Å². The molecule has 2 fully saturated rings. The molecular weight excluding hydrogens is 453 g/mol. The average molecular weight is 482 g/mol. The van der Waals surface area contributed by atoms with Gasteiger partial charge in [-0.15, -0.1) is 10.2 Å². The van der Waals surface area contributed by atoms with Crippen LogP contribution in [0.5, 0.6) is 0 Å². The molecular formula is C22H28FN3O4S2. The predicted molar refractivity (Wildman–Crippen MR) is 119 cm³/mol. The van der Waals surface area contributed by atoms with Gasteiger partial charge in [0, 0.05) is 19.0 Å². The molecule has 1 aliphatic carbocycles. The molecule has 1 amide bonds. The highest BCUT2D eigenvalue weighted by atomic mass is 32.2. The van der Waals surface area contributed by atoms with Gasteiger partial charge in [0.2, 0.25) is 11.8 Å². The highest BCUT2D eigenvalue weighted by Crippen LogP contribution is 2.27. The largest absolute Gasteiger partial charge is 0.416 e. The standard InChI is InChI=1S/C22H28FN3O4S2/c23-18-8-6-16(7-9-18)13-26(19-4-2-1-3-5-19)21(27)14-31-22-25-24-20(30-22)12-17-10-11-32(28,29)15-17/h6-9,17,19H,1-5,10-15H2/t17-/m1/s1.